The molecule has 0 spiro atoms. The molecule has 3 aromatic rings. The number of aryl methyl sites for hydroxylation is 1. The number of thioether (sulfide) groups is 1. The predicted octanol–water partition coefficient (Wildman–Crippen LogP) is 3.23. The second kappa shape index (κ2) is 7.09. The third kappa shape index (κ3) is 3.64. The zero-order valence-corrected chi connectivity index (χ0v) is 16.8. The Morgan fingerprint density at radius 2 is 1.89 bits per heavy atom. The lowest BCUT2D eigenvalue weighted by atomic mass is 10.1. The third-order valence-corrected chi connectivity index (χ3v) is 8.04. The van der Waals surface area contributed by atoms with Crippen molar-refractivity contribution in [1.82, 2.24) is 19.7 Å². The first-order valence-corrected chi connectivity index (χ1v) is 11.4. The minimum absolute atomic E-state index is 0.00774. The van der Waals surface area contributed by atoms with E-state index < -0.39 is 9.84 Å². The lowest BCUT2D eigenvalue weighted by molar-refractivity contribution is 0.602. The molecule has 0 aliphatic carbocycles. The Bertz CT molecular complexity index is 1080. The van der Waals surface area contributed by atoms with Gasteiger partial charge in [0.25, 0.3) is 0 Å². The molecule has 1 aromatic carbocycles. The first-order valence-electron chi connectivity index (χ1n) is 8.74. The zero-order chi connectivity index (χ0) is 19.0. The van der Waals surface area contributed by atoms with Gasteiger partial charge in [0.15, 0.2) is 20.8 Å². The monoisotopic (exact) mass is 400 g/mol. The summed E-state index contributed by atoms with van der Waals surface area (Å²) in [7, 11) is -2.94. The van der Waals surface area contributed by atoms with Crippen LogP contribution < -0.4 is 0 Å². The highest BCUT2D eigenvalue weighted by atomic mass is 32.2. The van der Waals surface area contributed by atoms with Crippen LogP contribution in [0.4, 0.5) is 0 Å². The first kappa shape index (κ1) is 18.2. The van der Waals surface area contributed by atoms with Crippen molar-refractivity contribution in [2.45, 2.75) is 30.7 Å². The van der Waals surface area contributed by atoms with Crippen molar-refractivity contribution in [3.05, 3.63) is 53.9 Å². The molecular weight excluding hydrogens is 380 g/mol. The molecule has 0 N–H and O–H groups in total. The summed E-state index contributed by atoms with van der Waals surface area (Å²) in [6, 6.07) is 9.94. The summed E-state index contributed by atoms with van der Waals surface area (Å²) in [4.78, 5) is 4.08. The van der Waals surface area contributed by atoms with Gasteiger partial charge in [-0.25, -0.2) is 8.42 Å². The summed E-state index contributed by atoms with van der Waals surface area (Å²) in [5, 5.41) is 9.57. The Morgan fingerprint density at radius 3 is 2.59 bits per heavy atom. The van der Waals surface area contributed by atoms with Crippen LogP contribution in [0, 0.1) is 13.8 Å². The molecule has 0 amide bonds. The van der Waals surface area contributed by atoms with Crippen molar-refractivity contribution in [1.29, 1.82) is 0 Å². The molecule has 140 valence electrons. The first-order chi connectivity index (χ1) is 12.9. The normalized spacial score (nSPS) is 18.7. The Hall–Kier alpha value is -2.19. The second-order valence-electron chi connectivity index (χ2n) is 6.74. The van der Waals surface area contributed by atoms with E-state index in [1.807, 2.05) is 28.8 Å². The van der Waals surface area contributed by atoms with Crippen LogP contribution in [0.25, 0.3) is 17.1 Å². The number of hydrogen-bond donors (Lipinski definition) is 0. The van der Waals surface area contributed by atoms with E-state index in [0.29, 0.717) is 6.42 Å². The number of rotatable bonds is 4. The number of sulfone groups is 1. The molecule has 0 saturated carbocycles. The molecule has 8 heteroatoms. The molecule has 3 heterocycles. The van der Waals surface area contributed by atoms with E-state index in [9.17, 15) is 8.42 Å². The number of hydrogen-bond acceptors (Lipinski definition) is 6. The number of pyridine rings is 1. The minimum atomic E-state index is -2.94. The van der Waals surface area contributed by atoms with E-state index in [-0.39, 0.29) is 16.8 Å². The average Bonchev–Trinajstić information content (AvgIpc) is 3.21. The smallest absolute Gasteiger partial charge is 0.196 e. The average molecular weight is 401 g/mol. The maximum Gasteiger partial charge on any atom is 0.196 e. The van der Waals surface area contributed by atoms with Gasteiger partial charge in [-0.1, -0.05) is 23.9 Å². The van der Waals surface area contributed by atoms with Crippen molar-refractivity contribution < 1.29 is 8.42 Å². The van der Waals surface area contributed by atoms with Gasteiger partial charge in [0, 0.05) is 23.2 Å². The quantitative estimate of drug-likeness (QED) is 0.669. The van der Waals surface area contributed by atoms with Crippen LogP contribution in [0.2, 0.25) is 0 Å². The molecule has 1 aliphatic heterocycles. The van der Waals surface area contributed by atoms with Crippen LogP contribution in [0.5, 0.6) is 0 Å². The fraction of sp³-hybridized carbons (Fsp3) is 0.316. The molecule has 4 rings (SSSR count). The lowest BCUT2D eigenvalue weighted by Crippen LogP contribution is -2.09. The highest BCUT2D eigenvalue weighted by Crippen LogP contribution is 2.35. The summed E-state index contributed by atoms with van der Waals surface area (Å²) < 4.78 is 25.7. The van der Waals surface area contributed by atoms with Gasteiger partial charge in [-0.05, 0) is 49.6 Å². The molecule has 6 nitrogen and oxygen atoms in total. The molecule has 1 unspecified atom stereocenters. The second-order valence-corrected chi connectivity index (χ2v) is 10.2. The number of nitrogens with zero attached hydrogens (tertiary/aromatic N) is 4. The number of aromatic nitrogens is 4. The van der Waals surface area contributed by atoms with Crippen LogP contribution >= 0.6 is 11.8 Å². The van der Waals surface area contributed by atoms with Gasteiger partial charge in [-0.3, -0.25) is 9.55 Å². The van der Waals surface area contributed by atoms with Crippen molar-refractivity contribution in [3.63, 3.8) is 0 Å². The molecule has 2 aromatic heterocycles. The summed E-state index contributed by atoms with van der Waals surface area (Å²) in [6.07, 6.45) is 4.11. The Labute approximate surface area is 163 Å². The Kier molecular flexibility index (Phi) is 4.77. The highest BCUT2D eigenvalue weighted by Gasteiger charge is 2.31. The Balaban J connectivity index is 1.83. The van der Waals surface area contributed by atoms with E-state index >= 15 is 0 Å². The maximum atomic E-state index is 11.8. The standard InChI is InChI=1S/C19H20N4O2S2/c1-13-4-3-5-17(14(13)2)23-18(15-6-9-20-10-7-15)21-22-19(23)26-16-8-11-27(24,25)12-16/h3-7,9-10,16H,8,11-12H2,1-2H3. The molecule has 1 saturated heterocycles. The van der Waals surface area contributed by atoms with Crippen molar-refractivity contribution >= 4 is 21.6 Å². The van der Waals surface area contributed by atoms with Gasteiger partial charge < -0.3 is 0 Å². The molecule has 1 atom stereocenters. The maximum absolute atomic E-state index is 11.8. The fourth-order valence-corrected chi connectivity index (χ4v) is 6.73. The van der Waals surface area contributed by atoms with E-state index in [1.54, 1.807) is 12.4 Å². The molecular formula is C19H20N4O2S2. The molecule has 1 fully saturated rings. The van der Waals surface area contributed by atoms with Crippen LogP contribution in [0.15, 0.2) is 47.9 Å². The van der Waals surface area contributed by atoms with Gasteiger partial charge in [-0.2, -0.15) is 0 Å². The van der Waals surface area contributed by atoms with Gasteiger partial charge in [-0.15, -0.1) is 10.2 Å². The van der Waals surface area contributed by atoms with Crippen LogP contribution in [-0.2, 0) is 9.84 Å². The van der Waals surface area contributed by atoms with Gasteiger partial charge in [0.1, 0.15) is 0 Å². The minimum Gasteiger partial charge on any atom is -0.270 e. The SMILES string of the molecule is Cc1cccc(-n2c(SC3CCS(=O)(=O)C3)nnc2-c2ccncc2)c1C. The summed E-state index contributed by atoms with van der Waals surface area (Å²) >= 11 is 1.50. The van der Waals surface area contributed by atoms with Crippen LogP contribution in [0.3, 0.4) is 0 Å². The topological polar surface area (TPSA) is 77.7 Å². The van der Waals surface area contributed by atoms with E-state index in [0.717, 1.165) is 27.8 Å². The van der Waals surface area contributed by atoms with Gasteiger partial charge in [0.05, 0.1) is 17.2 Å². The van der Waals surface area contributed by atoms with Crippen molar-refractivity contribution in [2.24, 2.45) is 0 Å². The van der Waals surface area contributed by atoms with E-state index in [2.05, 4.69) is 35.1 Å². The van der Waals surface area contributed by atoms with Crippen molar-refractivity contribution in [3.8, 4) is 17.1 Å². The van der Waals surface area contributed by atoms with E-state index in [4.69, 9.17) is 0 Å². The van der Waals surface area contributed by atoms with Gasteiger partial charge in [0.2, 0.25) is 0 Å². The fourth-order valence-electron chi connectivity index (χ4n) is 3.23. The van der Waals surface area contributed by atoms with Crippen molar-refractivity contribution in [2.75, 3.05) is 11.5 Å². The summed E-state index contributed by atoms with van der Waals surface area (Å²) in [5.41, 5.74) is 4.26. The molecule has 0 radical (unpaired) electrons. The molecule has 0 bridgehead atoms. The predicted molar refractivity (Wildman–Crippen MR) is 107 cm³/mol. The zero-order valence-electron chi connectivity index (χ0n) is 15.2. The lowest BCUT2D eigenvalue weighted by Gasteiger charge is -2.15. The van der Waals surface area contributed by atoms with Crippen LogP contribution in [0.1, 0.15) is 17.5 Å². The van der Waals surface area contributed by atoms with Crippen LogP contribution in [-0.4, -0.2) is 44.9 Å². The molecule has 27 heavy (non-hydrogen) atoms. The Morgan fingerprint density at radius 1 is 1.11 bits per heavy atom. The number of benzene rings is 1. The summed E-state index contributed by atoms with van der Waals surface area (Å²) in [5.74, 6) is 1.18. The van der Waals surface area contributed by atoms with Gasteiger partial charge >= 0.3 is 0 Å². The van der Waals surface area contributed by atoms with E-state index in [1.165, 1.54) is 17.3 Å². The summed E-state index contributed by atoms with van der Waals surface area (Å²) in [6.45, 7) is 4.15. The highest BCUT2D eigenvalue weighted by molar-refractivity contribution is 8.01. The molecule has 1 aliphatic rings. The largest absolute Gasteiger partial charge is 0.270 e. The third-order valence-electron chi connectivity index (χ3n) is 4.85.